The number of nitrogens with one attached hydrogen (secondary N) is 3. The van der Waals surface area contributed by atoms with Gasteiger partial charge in [0.15, 0.2) is 5.96 Å². The summed E-state index contributed by atoms with van der Waals surface area (Å²) in [7, 11) is 0. The van der Waals surface area contributed by atoms with Gasteiger partial charge in [0, 0.05) is 49.3 Å². The van der Waals surface area contributed by atoms with Crippen molar-refractivity contribution in [3.05, 3.63) is 36.0 Å². The van der Waals surface area contributed by atoms with Gasteiger partial charge in [-0.25, -0.2) is 4.79 Å². The molecule has 0 unspecified atom stereocenters. The number of aromatic amines is 1. The van der Waals surface area contributed by atoms with Crippen LogP contribution in [0.15, 0.2) is 35.5 Å². The van der Waals surface area contributed by atoms with Crippen molar-refractivity contribution < 1.29 is 4.79 Å². The highest BCUT2D eigenvalue weighted by atomic mass is 16.2. The molecule has 1 aliphatic heterocycles. The van der Waals surface area contributed by atoms with Crippen LogP contribution >= 0.6 is 0 Å². The van der Waals surface area contributed by atoms with Gasteiger partial charge in [0.2, 0.25) is 0 Å². The fourth-order valence-electron chi connectivity index (χ4n) is 3.56. The number of para-hydroxylation sites is 1. The maximum absolute atomic E-state index is 11.2. The van der Waals surface area contributed by atoms with Crippen LogP contribution in [0.25, 0.3) is 10.9 Å². The van der Waals surface area contributed by atoms with Gasteiger partial charge in [-0.3, -0.25) is 4.99 Å². The predicted octanol–water partition coefficient (Wildman–Crippen LogP) is 2.20. The Morgan fingerprint density at radius 3 is 2.85 bits per heavy atom. The van der Waals surface area contributed by atoms with Crippen LogP contribution in [0.3, 0.4) is 0 Å². The minimum Gasteiger partial charge on any atom is -0.361 e. The zero-order valence-electron chi connectivity index (χ0n) is 16.0. The van der Waals surface area contributed by atoms with Crippen molar-refractivity contribution in [1.82, 2.24) is 20.5 Å². The molecule has 1 aliphatic rings. The quantitative estimate of drug-likeness (QED) is 0.356. The van der Waals surface area contributed by atoms with Crippen LogP contribution in [0.2, 0.25) is 0 Å². The number of guanidine groups is 1. The van der Waals surface area contributed by atoms with Crippen LogP contribution in [0.1, 0.15) is 31.7 Å². The molecule has 2 amide bonds. The maximum Gasteiger partial charge on any atom is 0.314 e. The van der Waals surface area contributed by atoms with Crippen molar-refractivity contribution in [3.63, 3.8) is 0 Å². The number of hydrogen-bond acceptors (Lipinski definition) is 2. The van der Waals surface area contributed by atoms with E-state index in [2.05, 4.69) is 53.0 Å². The second kappa shape index (κ2) is 9.30. The number of H-pyrrole nitrogens is 1. The molecule has 2 aromatic rings. The van der Waals surface area contributed by atoms with Crippen molar-refractivity contribution in [2.75, 3.05) is 26.2 Å². The standard InChI is InChI=1S/C20H30N6O/c1-2-22-20(25-16-9-12-26(13-10-16)19(21)27)23-11-5-6-15-14-24-18-8-4-3-7-17(15)18/h3-4,7-8,14,16,24H,2,5-6,9-13H2,1H3,(H2,21,27)(H2,22,23,25). The average molecular weight is 371 g/mol. The van der Waals surface area contributed by atoms with E-state index in [-0.39, 0.29) is 6.03 Å². The lowest BCUT2D eigenvalue weighted by molar-refractivity contribution is 0.188. The van der Waals surface area contributed by atoms with Gasteiger partial charge in [-0.15, -0.1) is 0 Å². The lowest BCUT2D eigenvalue weighted by atomic mass is 10.1. The van der Waals surface area contributed by atoms with E-state index in [1.807, 2.05) is 0 Å². The first-order chi connectivity index (χ1) is 13.2. The normalized spacial score (nSPS) is 15.9. The summed E-state index contributed by atoms with van der Waals surface area (Å²) in [6, 6.07) is 8.39. The van der Waals surface area contributed by atoms with E-state index >= 15 is 0 Å². The molecule has 1 aromatic carbocycles. The molecule has 0 aliphatic carbocycles. The Kier molecular flexibility index (Phi) is 6.57. The number of likely N-dealkylation sites (tertiary alicyclic amines) is 1. The van der Waals surface area contributed by atoms with Gasteiger partial charge in [-0.2, -0.15) is 0 Å². The molecule has 3 rings (SSSR count). The van der Waals surface area contributed by atoms with Gasteiger partial charge in [0.1, 0.15) is 0 Å². The van der Waals surface area contributed by atoms with Crippen molar-refractivity contribution in [2.45, 2.75) is 38.6 Å². The lowest BCUT2D eigenvalue weighted by Crippen LogP contribution is -2.50. The number of aliphatic imine (C=N–C) groups is 1. The summed E-state index contributed by atoms with van der Waals surface area (Å²) in [5.41, 5.74) is 7.88. The van der Waals surface area contributed by atoms with Crippen molar-refractivity contribution in [3.8, 4) is 0 Å². The fourth-order valence-corrected chi connectivity index (χ4v) is 3.56. The number of primary amides is 1. The molecule has 7 nitrogen and oxygen atoms in total. The lowest BCUT2D eigenvalue weighted by Gasteiger charge is -2.32. The third kappa shape index (κ3) is 5.15. The van der Waals surface area contributed by atoms with Gasteiger partial charge < -0.3 is 26.3 Å². The first-order valence-corrected chi connectivity index (χ1v) is 9.81. The molecular weight excluding hydrogens is 340 g/mol. The Morgan fingerprint density at radius 2 is 2.11 bits per heavy atom. The molecule has 1 aromatic heterocycles. The number of amides is 2. The van der Waals surface area contributed by atoms with Gasteiger partial charge in [0.25, 0.3) is 0 Å². The molecule has 27 heavy (non-hydrogen) atoms. The van der Waals surface area contributed by atoms with E-state index in [4.69, 9.17) is 10.7 Å². The molecule has 0 atom stereocenters. The molecule has 0 radical (unpaired) electrons. The number of piperidine rings is 1. The second-order valence-electron chi connectivity index (χ2n) is 6.97. The van der Waals surface area contributed by atoms with Gasteiger partial charge >= 0.3 is 6.03 Å². The number of carbonyl (C=O) groups is 1. The van der Waals surface area contributed by atoms with Crippen LogP contribution < -0.4 is 16.4 Å². The van der Waals surface area contributed by atoms with Crippen LogP contribution in [-0.2, 0) is 6.42 Å². The van der Waals surface area contributed by atoms with Crippen LogP contribution in [0.5, 0.6) is 0 Å². The minimum absolute atomic E-state index is 0.326. The Labute approximate surface area is 160 Å². The average Bonchev–Trinajstić information content (AvgIpc) is 3.09. The summed E-state index contributed by atoms with van der Waals surface area (Å²) in [6.45, 7) is 5.07. The Morgan fingerprint density at radius 1 is 1.33 bits per heavy atom. The van der Waals surface area contributed by atoms with Crippen molar-refractivity contribution in [1.29, 1.82) is 0 Å². The fraction of sp³-hybridized carbons (Fsp3) is 0.500. The first-order valence-electron chi connectivity index (χ1n) is 9.81. The molecule has 1 fully saturated rings. The summed E-state index contributed by atoms with van der Waals surface area (Å²) < 4.78 is 0. The van der Waals surface area contributed by atoms with E-state index in [0.29, 0.717) is 19.1 Å². The number of rotatable bonds is 6. The number of nitrogens with zero attached hydrogens (tertiary/aromatic N) is 2. The number of benzene rings is 1. The smallest absolute Gasteiger partial charge is 0.314 e. The molecule has 5 N–H and O–H groups in total. The van der Waals surface area contributed by atoms with Gasteiger partial charge in [0.05, 0.1) is 0 Å². The largest absolute Gasteiger partial charge is 0.361 e. The molecular formula is C20H30N6O. The van der Waals surface area contributed by atoms with Crippen molar-refractivity contribution >= 4 is 22.9 Å². The molecule has 0 bridgehead atoms. The monoisotopic (exact) mass is 370 g/mol. The number of carbonyl (C=O) groups excluding carboxylic acids is 1. The summed E-state index contributed by atoms with van der Waals surface area (Å²) in [6.07, 6.45) is 5.89. The summed E-state index contributed by atoms with van der Waals surface area (Å²) in [5.74, 6) is 0.856. The van der Waals surface area contributed by atoms with Crippen LogP contribution in [0, 0.1) is 0 Å². The zero-order valence-corrected chi connectivity index (χ0v) is 16.0. The number of nitrogens with two attached hydrogens (primary N) is 1. The molecule has 2 heterocycles. The van der Waals surface area contributed by atoms with E-state index in [9.17, 15) is 4.79 Å². The van der Waals surface area contributed by atoms with Crippen LogP contribution in [0.4, 0.5) is 4.79 Å². The SMILES string of the molecule is CCNC(=NCCCc1c[nH]c2ccccc12)NC1CCN(C(N)=O)CC1. The number of hydrogen-bond donors (Lipinski definition) is 4. The minimum atomic E-state index is -0.327. The van der Waals surface area contributed by atoms with Gasteiger partial charge in [-0.05, 0) is 44.2 Å². The number of aryl methyl sites for hydroxylation is 1. The number of aromatic nitrogens is 1. The molecule has 0 saturated carbocycles. The highest BCUT2D eigenvalue weighted by molar-refractivity contribution is 5.83. The van der Waals surface area contributed by atoms with Crippen molar-refractivity contribution in [2.24, 2.45) is 10.7 Å². The highest BCUT2D eigenvalue weighted by Gasteiger charge is 2.21. The summed E-state index contributed by atoms with van der Waals surface area (Å²) in [4.78, 5) is 21.0. The molecule has 1 saturated heterocycles. The van der Waals surface area contributed by atoms with Gasteiger partial charge in [-0.1, -0.05) is 18.2 Å². The third-order valence-electron chi connectivity index (χ3n) is 5.04. The van der Waals surface area contributed by atoms with Crippen LogP contribution in [-0.4, -0.2) is 54.1 Å². The predicted molar refractivity (Wildman–Crippen MR) is 110 cm³/mol. The Balaban J connectivity index is 1.48. The third-order valence-corrected chi connectivity index (χ3v) is 5.04. The second-order valence-corrected chi connectivity index (χ2v) is 6.97. The Bertz CT molecular complexity index is 776. The molecule has 146 valence electrons. The zero-order chi connectivity index (χ0) is 19.1. The maximum atomic E-state index is 11.2. The van der Waals surface area contributed by atoms with E-state index in [1.165, 1.54) is 16.5 Å². The van der Waals surface area contributed by atoms with E-state index < -0.39 is 0 Å². The van der Waals surface area contributed by atoms with E-state index in [1.54, 1.807) is 4.90 Å². The molecule has 0 spiro atoms. The topological polar surface area (TPSA) is 98.5 Å². The number of urea groups is 1. The number of fused-ring (bicyclic) bond motifs is 1. The summed E-state index contributed by atoms with van der Waals surface area (Å²) in [5, 5.41) is 8.11. The van der Waals surface area contributed by atoms with E-state index in [0.717, 1.165) is 44.7 Å². The first kappa shape index (κ1) is 19.1. The highest BCUT2D eigenvalue weighted by Crippen LogP contribution is 2.18. The molecule has 7 heteroatoms. The summed E-state index contributed by atoms with van der Waals surface area (Å²) >= 11 is 0. The Hall–Kier alpha value is -2.70.